The average molecular weight is 253 g/mol. The molecule has 102 valence electrons. The number of hydrogen-bond donors (Lipinski definition) is 1. The Morgan fingerprint density at radius 3 is 2.61 bits per heavy atom. The zero-order valence-corrected chi connectivity index (χ0v) is 11.7. The van der Waals surface area contributed by atoms with Gasteiger partial charge in [0.25, 0.3) is 0 Å². The molecule has 1 aromatic rings. The molecule has 0 saturated heterocycles. The Bertz CT molecular complexity index is 380. The van der Waals surface area contributed by atoms with Crippen LogP contribution in [0.1, 0.15) is 39.3 Å². The van der Waals surface area contributed by atoms with E-state index in [1.165, 1.54) is 0 Å². The van der Waals surface area contributed by atoms with Gasteiger partial charge in [0.15, 0.2) is 0 Å². The van der Waals surface area contributed by atoms with Gasteiger partial charge in [0.05, 0.1) is 6.61 Å². The summed E-state index contributed by atoms with van der Waals surface area (Å²) >= 11 is 0. The van der Waals surface area contributed by atoms with Crippen LogP contribution < -0.4 is 15.2 Å². The van der Waals surface area contributed by atoms with E-state index in [9.17, 15) is 0 Å². The van der Waals surface area contributed by atoms with Gasteiger partial charge in [-0.2, -0.15) is 4.98 Å². The topological polar surface area (TPSA) is 70.3 Å². The SMILES string of the molecule is CCCOc1cc(C)nc(OCC(C)(N)CC)n1. The summed E-state index contributed by atoms with van der Waals surface area (Å²) in [5.41, 5.74) is 6.47. The lowest BCUT2D eigenvalue weighted by atomic mass is 10.0. The van der Waals surface area contributed by atoms with E-state index >= 15 is 0 Å². The molecular weight excluding hydrogens is 230 g/mol. The van der Waals surface area contributed by atoms with Crippen LogP contribution >= 0.6 is 0 Å². The molecule has 0 bridgehead atoms. The first kappa shape index (κ1) is 14.7. The van der Waals surface area contributed by atoms with E-state index in [2.05, 4.69) is 9.97 Å². The fourth-order valence-corrected chi connectivity index (χ4v) is 1.19. The largest absolute Gasteiger partial charge is 0.478 e. The Morgan fingerprint density at radius 1 is 1.28 bits per heavy atom. The third kappa shape index (κ3) is 4.87. The maximum absolute atomic E-state index is 6.01. The summed E-state index contributed by atoms with van der Waals surface area (Å²) in [5, 5.41) is 0. The van der Waals surface area contributed by atoms with E-state index in [1.807, 2.05) is 27.7 Å². The first-order valence-electron chi connectivity index (χ1n) is 6.37. The highest BCUT2D eigenvalue weighted by Crippen LogP contribution is 2.15. The van der Waals surface area contributed by atoms with Gasteiger partial charge in [-0.25, -0.2) is 4.98 Å². The second-order valence-corrected chi connectivity index (χ2v) is 4.77. The van der Waals surface area contributed by atoms with Crippen LogP contribution in [-0.4, -0.2) is 28.7 Å². The molecule has 0 aromatic carbocycles. The summed E-state index contributed by atoms with van der Waals surface area (Å²) < 4.78 is 11.0. The summed E-state index contributed by atoms with van der Waals surface area (Å²) in [6, 6.07) is 2.12. The molecule has 0 saturated carbocycles. The smallest absolute Gasteiger partial charge is 0.319 e. The number of rotatable bonds is 7. The van der Waals surface area contributed by atoms with Gasteiger partial charge in [-0.3, -0.25) is 0 Å². The van der Waals surface area contributed by atoms with Crippen molar-refractivity contribution in [3.05, 3.63) is 11.8 Å². The van der Waals surface area contributed by atoms with Crippen LogP contribution in [0.25, 0.3) is 0 Å². The molecule has 18 heavy (non-hydrogen) atoms. The van der Waals surface area contributed by atoms with E-state index in [-0.39, 0.29) is 5.54 Å². The van der Waals surface area contributed by atoms with E-state index in [1.54, 1.807) is 6.07 Å². The molecule has 5 nitrogen and oxygen atoms in total. The Labute approximate surface area is 109 Å². The van der Waals surface area contributed by atoms with Crippen molar-refractivity contribution in [1.82, 2.24) is 9.97 Å². The number of aromatic nitrogens is 2. The number of nitrogens with zero attached hydrogens (tertiary/aromatic N) is 2. The minimum atomic E-state index is -0.364. The van der Waals surface area contributed by atoms with Crippen molar-refractivity contribution >= 4 is 0 Å². The molecule has 0 radical (unpaired) electrons. The Morgan fingerprint density at radius 2 is 2.00 bits per heavy atom. The molecule has 2 N–H and O–H groups in total. The molecule has 0 fully saturated rings. The van der Waals surface area contributed by atoms with E-state index in [0.717, 1.165) is 18.5 Å². The summed E-state index contributed by atoms with van der Waals surface area (Å²) in [5.74, 6) is 0.551. The number of aryl methyl sites for hydroxylation is 1. The van der Waals surface area contributed by atoms with Crippen molar-refractivity contribution in [3.63, 3.8) is 0 Å². The van der Waals surface area contributed by atoms with Gasteiger partial charge in [-0.05, 0) is 26.7 Å². The maximum Gasteiger partial charge on any atom is 0.319 e. The zero-order chi connectivity index (χ0) is 13.6. The molecule has 0 aliphatic heterocycles. The zero-order valence-electron chi connectivity index (χ0n) is 11.7. The lowest BCUT2D eigenvalue weighted by molar-refractivity contribution is 0.206. The van der Waals surface area contributed by atoms with Crippen molar-refractivity contribution < 1.29 is 9.47 Å². The summed E-state index contributed by atoms with van der Waals surface area (Å²) in [7, 11) is 0. The van der Waals surface area contributed by atoms with Crippen molar-refractivity contribution in [2.75, 3.05) is 13.2 Å². The highest BCUT2D eigenvalue weighted by Gasteiger charge is 2.17. The van der Waals surface area contributed by atoms with E-state index < -0.39 is 0 Å². The maximum atomic E-state index is 6.01. The molecule has 0 spiro atoms. The standard InChI is InChI=1S/C13H23N3O2/c1-5-7-17-11-8-10(3)15-12(16-11)18-9-13(4,14)6-2/h8H,5-7,9,14H2,1-4H3. The predicted molar refractivity (Wildman–Crippen MR) is 70.9 cm³/mol. The van der Waals surface area contributed by atoms with Gasteiger partial charge >= 0.3 is 6.01 Å². The summed E-state index contributed by atoms with van der Waals surface area (Å²) in [4.78, 5) is 8.41. The fourth-order valence-electron chi connectivity index (χ4n) is 1.19. The van der Waals surface area contributed by atoms with E-state index in [4.69, 9.17) is 15.2 Å². The Balaban J connectivity index is 2.68. The van der Waals surface area contributed by atoms with Crippen LogP contribution in [0.3, 0.4) is 0 Å². The minimum Gasteiger partial charge on any atom is -0.478 e. The van der Waals surface area contributed by atoms with Crippen molar-refractivity contribution in [3.8, 4) is 11.9 Å². The van der Waals surface area contributed by atoms with Crippen LogP contribution in [0, 0.1) is 6.92 Å². The van der Waals surface area contributed by atoms with Crippen molar-refractivity contribution in [2.24, 2.45) is 5.73 Å². The van der Waals surface area contributed by atoms with Crippen LogP contribution in [0.2, 0.25) is 0 Å². The lowest BCUT2D eigenvalue weighted by Gasteiger charge is -2.22. The molecule has 1 unspecified atom stereocenters. The third-order valence-electron chi connectivity index (χ3n) is 2.60. The summed E-state index contributed by atoms with van der Waals surface area (Å²) in [6.07, 6.45) is 1.77. The van der Waals surface area contributed by atoms with Crippen molar-refractivity contribution in [2.45, 2.75) is 46.1 Å². The first-order valence-corrected chi connectivity index (χ1v) is 6.37. The number of hydrogen-bond acceptors (Lipinski definition) is 5. The average Bonchev–Trinajstić information content (AvgIpc) is 2.33. The summed E-state index contributed by atoms with van der Waals surface area (Å²) in [6.45, 7) is 8.93. The van der Waals surface area contributed by atoms with Crippen LogP contribution in [0.15, 0.2) is 6.07 Å². The van der Waals surface area contributed by atoms with Gasteiger partial charge in [0.2, 0.25) is 5.88 Å². The highest BCUT2D eigenvalue weighted by molar-refractivity contribution is 5.17. The highest BCUT2D eigenvalue weighted by atomic mass is 16.5. The van der Waals surface area contributed by atoms with Gasteiger partial charge in [-0.15, -0.1) is 0 Å². The predicted octanol–water partition coefficient (Wildman–Crippen LogP) is 2.08. The minimum absolute atomic E-state index is 0.325. The number of nitrogens with two attached hydrogens (primary N) is 1. The Hall–Kier alpha value is -1.36. The Kier molecular flexibility index (Phi) is 5.34. The molecule has 0 amide bonds. The quantitative estimate of drug-likeness (QED) is 0.805. The van der Waals surface area contributed by atoms with Crippen LogP contribution in [0.4, 0.5) is 0 Å². The lowest BCUT2D eigenvalue weighted by Crippen LogP contribution is -2.41. The molecule has 1 aromatic heterocycles. The molecule has 5 heteroatoms. The molecule has 1 rings (SSSR count). The van der Waals surface area contributed by atoms with Gasteiger partial charge in [0.1, 0.15) is 6.61 Å². The molecular formula is C13H23N3O2. The van der Waals surface area contributed by atoms with Gasteiger partial charge in [0, 0.05) is 17.3 Å². The third-order valence-corrected chi connectivity index (χ3v) is 2.60. The number of ether oxygens (including phenoxy) is 2. The normalized spacial score (nSPS) is 14.1. The molecule has 1 atom stereocenters. The van der Waals surface area contributed by atoms with E-state index in [0.29, 0.717) is 25.1 Å². The monoisotopic (exact) mass is 253 g/mol. The second-order valence-electron chi connectivity index (χ2n) is 4.77. The van der Waals surface area contributed by atoms with Gasteiger partial charge < -0.3 is 15.2 Å². The first-order chi connectivity index (χ1) is 8.46. The van der Waals surface area contributed by atoms with Crippen LogP contribution in [0.5, 0.6) is 11.9 Å². The molecule has 0 aliphatic carbocycles. The second kappa shape index (κ2) is 6.54. The fraction of sp³-hybridized carbons (Fsp3) is 0.692. The molecule has 0 aliphatic rings. The van der Waals surface area contributed by atoms with Crippen molar-refractivity contribution in [1.29, 1.82) is 0 Å². The molecule has 1 heterocycles. The van der Waals surface area contributed by atoms with Gasteiger partial charge in [-0.1, -0.05) is 13.8 Å². The van der Waals surface area contributed by atoms with Crippen LogP contribution in [-0.2, 0) is 0 Å².